The van der Waals surface area contributed by atoms with E-state index in [-0.39, 0.29) is 17.1 Å². The average Bonchev–Trinajstić information content (AvgIpc) is 2.53. The lowest BCUT2D eigenvalue weighted by atomic mass is 9.80. The molecule has 128 valence electrons. The summed E-state index contributed by atoms with van der Waals surface area (Å²) in [4.78, 5) is 12.7. The lowest BCUT2D eigenvalue weighted by Crippen LogP contribution is -2.45. The van der Waals surface area contributed by atoms with Crippen molar-refractivity contribution in [3.05, 3.63) is 71.0 Å². The predicted molar refractivity (Wildman–Crippen MR) is 96.6 cm³/mol. The number of hydrogen-bond donors (Lipinski definition) is 1. The van der Waals surface area contributed by atoms with Crippen LogP contribution in [0, 0.1) is 12.7 Å². The van der Waals surface area contributed by atoms with Crippen LogP contribution >= 0.6 is 0 Å². The molecule has 0 unspecified atom stereocenters. The summed E-state index contributed by atoms with van der Waals surface area (Å²) in [7, 11) is 0. The fourth-order valence-corrected chi connectivity index (χ4v) is 2.95. The second-order valence-corrected chi connectivity index (χ2v) is 7.51. The Morgan fingerprint density at radius 2 is 1.58 bits per heavy atom. The van der Waals surface area contributed by atoms with Gasteiger partial charge in [0.15, 0.2) is 0 Å². The molecule has 0 aliphatic rings. The molecule has 0 fully saturated rings. The number of amides is 1. The SMILES string of the molecule is Cc1ccccc1C(C)(C)CNC(=O)C(C)(C)c1ccc(F)cc1. The van der Waals surface area contributed by atoms with Gasteiger partial charge in [-0.2, -0.15) is 0 Å². The molecule has 1 amide bonds. The molecule has 0 aliphatic carbocycles. The first-order valence-corrected chi connectivity index (χ1v) is 8.25. The van der Waals surface area contributed by atoms with Crippen LogP contribution in [-0.4, -0.2) is 12.5 Å². The van der Waals surface area contributed by atoms with Gasteiger partial charge in [0, 0.05) is 12.0 Å². The van der Waals surface area contributed by atoms with Gasteiger partial charge in [0.1, 0.15) is 5.82 Å². The largest absolute Gasteiger partial charge is 0.354 e. The van der Waals surface area contributed by atoms with Crippen molar-refractivity contribution in [2.45, 2.75) is 45.4 Å². The molecule has 2 rings (SSSR count). The van der Waals surface area contributed by atoms with Crippen molar-refractivity contribution in [2.75, 3.05) is 6.54 Å². The molecule has 0 atom stereocenters. The molecule has 0 heterocycles. The third kappa shape index (κ3) is 3.84. The smallest absolute Gasteiger partial charge is 0.230 e. The number of hydrogen-bond acceptors (Lipinski definition) is 1. The Bertz CT molecular complexity index is 717. The van der Waals surface area contributed by atoms with Gasteiger partial charge in [-0.25, -0.2) is 4.39 Å². The second kappa shape index (κ2) is 6.76. The van der Waals surface area contributed by atoms with Crippen molar-refractivity contribution in [3.63, 3.8) is 0 Å². The molecule has 0 spiro atoms. The summed E-state index contributed by atoms with van der Waals surface area (Å²) in [6.45, 7) is 10.6. The lowest BCUT2D eigenvalue weighted by Gasteiger charge is -2.30. The van der Waals surface area contributed by atoms with Crippen molar-refractivity contribution in [1.29, 1.82) is 0 Å². The van der Waals surface area contributed by atoms with Crippen molar-refractivity contribution in [1.82, 2.24) is 5.32 Å². The van der Waals surface area contributed by atoms with Gasteiger partial charge in [0.25, 0.3) is 0 Å². The average molecular weight is 327 g/mol. The van der Waals surface area contributed by atoms with Crippen molar-refractivity contribution < 1.29 is 9.18 Å². The van der Waals surface area contributed by atoms with Gasteiger partial charge < -0.3 is 5.32 Å². The van der Waals surface area contributed by atoms with Gasteiger partial charge in [-0.15, -0.1) is 0 Å². The summed E-state index contributed by atoms with van der Waals surface area (Å²) < 4.78 is 13.1. The molecular weight excluding hydrogens is 301 g/mol. The molecule has 1 N–H and O–H groups in total. The number of halogens is 1. The van der Waals surface area contributed by atoms with Crippen LogP contribution in [0.2, 0.25) is 0 Å². The third-order valence-corrected chi connectivity index (χ3v) is 4.70. The number of carbonyl (C=O) groups is 1. The topological polar surface area (TPSA) is 29.1 Å². The molecule has 0 aromatic heterocycles. The Balaban J connectivity index is 2.12. The maximum Gasteiger partial charge on any atom is 0.230 e. The normalized spacial score (nSPS) is 12.1. The van der Waals surface area contributed by atoms with Gasteiger partial charge in [-0.3, -0.25) is 4.79 Å². The molecule has 24 heavy (non-hydrogen) atoms. The van der Waals surface area contributed by atoms with E-state index < -0.39 is 5.41 Å². The fraction of sp³-hybridized carbons (Fsp3) is 0.381. The highest BCUT2D eigenvalue weighted by atomic mass is 19.1. The zero-order valence-corrected chi connectivity index (χ0v) is 15.1. The van der Waals surface area contributed by atoms with Gasteiger partial charge in [0.2, 0.25) is 5.91 Å². The third-order valence-electron chi connectivity index (χ3n) is 4.70. The van der Waals surface area contributed by atoms with Gasteiger partial charge in [0.05, 0.1) is 5.41 Å². The fourth-order valence-electron chi connectivity index (χ4n) is 2.95. The van der Waals surface area contributed by atoms with Crippen LogP contribution in [0.15, 0.2) is 48.5 Å². The van der Waals surface area contributed by atoms with Crippen LogP contribution in [0.25, 0.3) is 0 Å². The minimum Gasteiger partial charge on any atom is -0.354 e. The van der Waals surface area contributed by atoms with E-state index in [0.717, 1.165) is 5.56 Å². The van der Waals surface area contributed by atoms with Crippen LogP contribution in [0.3, 0.4) is 0 Å². The Hall–Kier alpha value is -2.16. The molecular formula is C21H26FNO. The second-order valence-electron chi connectivity index (χ2n) is 7.51. The van der Waals surface area contributed by atoms with E-state index >= 15 is 0 Å². The molecule has 0 saturated carbocycles. The summed E-state index contributed by atoms with van der Waals surface area (Å²) >= 11 is 0. The number of rotatable bonds is 5. The van der Waals surface area contributed by atoms with E-state index in [1.54, 1.807) is 12.1 Å². The van der Waals surface area contributed by atoms with Crippen LogP contribution in [0.5, 0.6) is 0 Å². The Labute approximate surface area is 144 Å². The van der Waals surface area contributed by atoms with E-state index in [0.29, 0.717) is 6.54 Å². The Morgan fingerprint density at radius 3 is 2.17 bits per heavy atom. The van der Waals surface area contributed by atoms with Crippen LogP contribution in [0.4, 0.5) is 4.39 Å². The molecule has 2 nitrogen and oxygen atoms in total. The molecule has 0 saturated heterocycles. The first-order chi connectivity index (χ1) is 11.1. The summed E-state index contributed by atoms with van der Waals surface area (Å²) in [5.74, 6) is -0.355. The monoisotopic (exact) mass is 327 g/mol. The summed E-state index contributed by atoms with van der Waals surface area (Å²) in [6, 6.07) is 14.3. The Morgan fingerprint density at radius 1 is 1.00 bits per heavy atom. The zero-order valence-electron chi connectivity index (χ0n) is 15.1. The van der Waals surface area contributed by atoms with Gasteiger partial charge in [-0.05, 0) is 49.6 Å². The molecule has 0 bridgehead atoms. The molecule has 3 heteroatoms. The van der Waals surface area contributed by atoms with Gasteiger partial charge in [-0.1, -0.05) is 50.2 Å². The first-order valence-electron chi connectivity index (χ1n) is 8.25. The maximum atomic E-state index is 13.1. The highest BCUT2D eigenvalue weighted by Gasteiger charge is 2.31. The van der Waals surface area contributed by atoms with E-state index in [2.05, 4.69) is 38.2 Å². The Kier molecular flexibility index (Phi) is 5.12. The quantitative estimate of drug-likeness (QED) is 0.860. The summed E-state index contributed by atoms with van der Waals surface area (Å²) in [5, 5.41) is 3.07. The highest BCUT2D eigenvalue weighted by Crippen LogP contribution is 2.27. The number of nitrogens with one attached hydrogen (secondary N) is 1. The summed E-state index contributed by atoms with van der Waals surface area (Å²) in [6.07, 6.45) is 0. The van der Waals surface area contributed by atoms with Crippen LogP contribution < -0.4 is 5.32 Å². The molecule has 2 aromatic rings. The number of aryl methyl sites for hydroxylation is 1. The van der Waals surface area contributed by atoms with Crippen molar-refractivity contribution in [3.8, 4) is 0 Å². The van der Waals surface area contributed by atoms with E-state index in [1.807, 2.05) is 26.0 Å². The first kappa shape index (κ1) is 18.2. The van der Waals surface area contributed by atoms with E-state index in [4.69, 9.17) is 0 Å². The summed E-state index contributed by atoms with van der Waals surface area (Å²) in [5.41, 5.74) is 2.37. The minimum absolute atomic E-state index is 0.0595. The van der Waals surface area contributed by atoms with Crippen LogP contribution in [-0.2, 0) is 15.6 Å². The number of benzene rings is 2. The van der Waals surface area contributed by atoms with Crippen molar-refractivity contribution in [2.24, 2.45) is 0 Å². The van der Waals surface area contributed by atoms with E-state index in [9.17, 15) is 9.18 Å². The molecule has 0 aliphatic heterocycles. The van der Waals surface area contributed by atoms with Crippen molar-refractivity contribution >= 4 is 5.91 Å². The molecule has 0 radical (unpaired) electrons. The van der Waals surface area contributed by atoms with E-state index in [1.165, 1.54) is 23.3 Å². The van der Waals surface area contributed by atoms with Gasteiger partial charge >= 0.3 is 0 Å². The standard InChI is InChI=1S/C21H26FNO/c1-15-8-6-7-9-18(15)20(2,3)14-23-19(24)21(4,5)16-10-12-17(22)13-11-16/h6-13H,14H2,1-5H3,(H,23,24). The maximum absolute atomic E-state index is 13.1. The highest BCUT2D eigenvalue weighted by molar-refractivity contribution is 5.87. The minimum atomic E-state index is -0.713. The zero-order chi connectivity index (χ0) is 18.0. The predicted octanol–water partition coefficient (Wildman–Crippen LogP) is 4.51. The molecule has 2 aromatic carbocycles. The van der Waals surface area contributed by atoms with Crippen LogP contribution in [0.1, 0.15) is 44.4 Å². The lowest BCUT2D eigenvalue weighted by molar-refractivity contribution is -0.125. The number of carbonyl (C=O) groups excluding carboxylic acids is 1.